The molecular formula is C19H44O3. The Morgan fingerprint density at radius 3 is 0.455 bits per heavy atom. The normalized spacial score (nSPS) is 16.6. The molecule has 0 aromatic rings. The molecule has 0 atom stereocenters. The standard InChI is InChI=1S/C13H26.3C2H6O/c1-2-4-6-8-10-12-13-11-9-7-5-3-1;3*1-2-3/h1-13H2;3*3H,2H2,1H3. The third-order valence-corrected chi connectivity index (χ3v) is 3.25. The minimum Gasteiger partial charge on any atom is -0.397 e. The second kappa shape index (κ2) is 32.7. The molecule has 3 heteroatoms. The average molecular weight is 321 g/mol. The monoisotopic (exact) mass is 320 g/mol. The number of hydrogen-bond donors (Lipinski definition) is 3. The smallest absolute Gasteiger partial charge is 0.0402 e. The van der Waals surface area contributed by atoms with Crippen molar-refractivity contribution in [3.05, 3.63) is 0 Å². The summed E-state index contributed by atoms with van der Waals surface area (Å²) >= 11 is 0. The maximum Gasteiger partial charge on any atom is 0.0402 e. The zero-order valence-corrected chi connectivity index (χ0v) is 15.7. The molecular weight excluding hydrogens is 276 g/mol. The molecule has 3 nitrogen and oxygen atoms in total. The Morgan fingerprint density at radius 1 is 0.364 bits per heavy atom. The van der Waals surface area contributed by atoms with E-state index < -0.39 is 0 Å². The first-order valence-electron chi connectivity index (χ1n) is 9.57. The van der Waals surface area contributed by atoms with E-state index in [-0.39, 0.29) is 19.8 Å². The van der Waals surface area contributed by atoms with Crippen LogP contribution in [0.5, 0.6) is 0 Å². The number of rotatable bonds is 0. The van der Waals surface area contributed by atoms with Gasteiger partial charge in [0, 0.05) is 19.8 Å². The van der Waals surface area contributed by atoms with Crippen LogP contribution in [0.4, 0.5) is 0 Å². The summed E-state index contributed by atoms with van der Waals surface area (Å²) in [5.74, 6) is 0. The van der Waals surface area contributed by atoms with Gasteiger partial charge >= 0.3 is 0 Å². The van der Waals surface area contributed by atoms with Crippen molar-refractivity contribution in [1.29, 1.82) is 0 Å². The van der Waals surface area contributed by atoms with Crippen molar-refractivity contribution in [2.75, 3.05) is 19.8 Å². The van der Waals surface area contributed by atoms with Gasteiger partial charge in [0.15, 0.2) is 0 Å². The Balaban J connectivity index is -0.000000334. The highest BCUT2D eigenvalue weighted by molar-refractivity contribution is 4.51. The molecule has 138 valence electrons. The summed E-state index contributed by atoms with van der Waals surface area (Å²) in [5.41, 5.74) is 0. The predicted octanol–water partition coefficient (Wildman–Crippen LogP) is 5.07. The molecule has 1 aliphatic rings. The molecule has 0 unspecified atom stereocenters. The van der Waals surface area contributed by atoms with Gasteiger partial charge in [-0.15, -0.1) is 0 Å². The van der Waals surface area contributed by atoms with Crippen LogP contribution in [-0.4, -0.2) is 35.1 Å². The van der Waals surface area contributed by atoms with Gasteiger partial charge in [-0.05, 0) is 20.8 Å². The second-order valence-electron chi connectivity index (χ2n) is 5.54. The topological polar surface area (TPSA) is 60.7 Å². The van der Waals surface area contributed by atoms with Gasteiger partial charge in [-0.25, -0.2) is 0 Å². The molecule has 0 amide bonds. The summed E-state index contributed by atoms with van der Waals surface area (Å²) in [6.07, 6.45) is 19.5. The number of aliphatic hydroxyl groups excluding tert-OH is 3. The zero-order valence-electron chi connectivity index (χ0n) is 15.7. The summed E-state index contributed by atoms with van der Waals surface area (Å²) in [5, 5.41) is 22.7. The first-order valence-corrected chi connectivity index (χ1v) is 9.57. The fourth-order valence-electron chi connectivity index (χ4n) is 2.30. The SMILES string of the molecule is C1CCCCCCCCCCCC1.CCO.CCO.CCO. The molecule has 0 aromatic heterocycles. The molecule has 0 aromatic carbocycles. The lowest BCUT2D eigenvalue weighted by Crippen LogP contribution is -1.80. The molecule has 1 fully saturated rings. The second-order valence-corrected chi connectivity index (χ2v) is 5.54. The van der Waals surface area contributed by atoms with Crippen molar-refractivity contribution in [2.45, 2.75) is 104 Å². The molecule has 0 aliphatic heterocycles. The Labute approximate surface area is 140 Å². The van der Waals surface area contributed by atoms with Crippen molar-refractivity contribution >= 4 is 0 Å². The van der Waals surface area contributed by atoms with E-state index in [9.17, 15) is 0 Å². The Bertz CT molecular complexity index is 87.8. The van der Waals surface area contributed by atoms with E-state index in [4.69, 9.17) is 15.3 Å². The largest absolute Gasteiger partial charge is 0.397 e. The van der Waals surface area contributed by atoms with Gasteiger partial charge in [0.25, 0.3) is 0 Å². The average Bonchev–Trinajstić information content (AvgIpc) is 2.51. The molecule has 3 N–H and O–H groups in total. The maximum absolute atomic E-state index is 7.57. The lowest BCUT2D eigenvalue weighted by molar-refractivity contribution is 0.318. The van der Waals surface area contributed by atoms with Crippen LogP contribution in [0.3, 0.4) is 0 Å². The molecule has 0 heterocycles. The first kappa shape index (κ1) is 26.8. The van der Waals surface area contributed by atoms with Crippen LogP contribution < -0.4 is 0 Å². The van der Waals surface area contributed by atoms with Crippen LogP contribution >= 0.6 is 0 Å². The molecule has 22 heavy (non-hydrogen) atoms. The minimum absolute atomic E-state index is 0.250. The van der Waals surface area contributed by atoms with Crippen molar-refractivity contribution < 1.29 is 15.3 Å². The Kier molecular flexibility index (Phi) is 39.8. The van der Waals surface area contributed by atoms with E-state index in [2.05, 4.69) is 0 Å². The van der Waals surface area contributed by atoms with Crippen molar-refractivity contribution in [1.82, 2.24) is 0 Å². The Hall–Kier alpha value is -0.120. The lowest BCUT2D eigenvalue weighted by atomic mass is 10.1. The van der Waals surface area contributed by atoms with Crippen LogP contribution in [0.25, 0.3) is 0 Å². The van der Waals surface area contributed by atoms with Gasteiger partial charge < -0.3 is 15.3 Å². The van der Waals surface area contributed by atoms with Crippen LogP contribution in [0.1, 0.15) is 104 Å². The molecule has 0 saturated heterocycles. The first-order chi connectivity index (χ1) is 10.7. The van der Waals surface area contributed by atoms with E-state index in [0.717, 1.165) is 0 Å². The molecule has 0 spiro atoms. The highest BCUT2D eigenvalue weighted by atomic mass is 16.3. The van der Waals surface area contributed by atoms with Crippen LogP contribution in [-0.2, 0) is 0 Å². The summed E-state index contributed by atoms with van der Waals surface area (Å²) in [4.78, 5) is 0. The maximum atomic E-state index is 7.57. The van der Waals surface area contributed by atoms with Gasteiger partial charge in [0.1, 0.15) is 0 Å². The summed E-state index contributed by atoms with van der Waals surface area (Å²) < 4.78 is 0. The van der Waals surface area contributed by atoms with E-state index >= 15 is 0 Å². The van der Waals surface area contributed by atoms with E-state index in [1.165, 1.54) is 83.5 Å². The number of aliphatic hydroxyl groups is 3. The van der Waals surface area contributed by atoms with Gasteiger partial charge in [-0.3, -0.25) is 0 Å². The molecule has 0 bridgehead atoms. The van der Waals surface area contributed by atoms with Crippen molar-refractivity contribution in [3.63, 3.8) is 0 Å². The zero-order chi connectivity index (χ0) is 17.3. The molecule has 1 saturated carbocycles. The molecule has 1 rings (SSSR count). The fourth-order valence-corrected chi connectivity index (χ4v) is 2.30. The molecule has 0 radical (unpaired) electrons. The predicted molar refractivity (Wildman–Crippen MR) is 98.3 cm³/mol. The third kappa shape index (κ3) is 42.7. The summed E-state index contributed by atoms with van der Waals surface area (Å²) in [6, 6.07) is 0. The van der Waals surface area contributed by atoms with Crippen LogP contribution in [0.2, 0.25) is 0 Å². The van der Waals surface area contributed by atoms with Crippen molar-refractivity contribution in [2.24, 2.45) is 0 Å². The number of hydrogen-bond acceptors (Lipinski definition) is 3. The van der Waals surface area contributed by atoms with Gasteiger partial charge in [-0.1, -0.05) is 83.5 Å². The molecule has 1 aliphatic carbocycles. The van der Waals surface area contributed by atoms with Gasteiger partial charge in [0.05, 0.1) is 0 Å². The summed E-state index contributed by atoms with van der Waals surface area (Å²) in [6.45, 7) is 5.79. The highest BCUT2D eigenvalue weighted by Crippen LogP contribution is 2.15. The Morgan fingerprint density at radius 2 is 0.409 bits per heavy atom. The van der Waals surface area contributed by atoms with Crippen LogP contribution in [0, 0.1) is 0 Å². The quantitative estimate of drug-likeness (QED) is 0.584. The minimum atomic E-state index is 0.250. The van der Waals surface area contributed by atoms with E-state index in [1.54, 1.807) is 20.8 Å². The third-order valence-electron chi connectivity index (χ3n) is 3.25. The van der Waals surface area contributed by atoms with E-state index in [0.29, 0.717) is 0 Å². The van der Waals surface area contributed by atoms with E-state index in [1.807, 2.05) is 0 Å². The van der Waals surface area contributed by atoms with Gasteiger partial charge in [0.2, 0.25) is 0 Å². The summed E-state index contributed by atoms with van der Waals surface area (Å²) in [7, 11) is 0. The lowest BCUT2D eigenvalue weighted by Gasteiger charge is -1.99. The van der Waals surface area contributed by atoms with Crippen molar-refractivity contribution in [3.8, 4) is 0 Å². The highest BCUT2D eigenvalue weighted by Gasteiger charge is 1.96. The van der Waals surface area contributed by atoms with Gasteiger partial charge in [-0.2, -0.15) is 0 Å². The van der Waals surface area contributed by atoms with Crippen LogP contribution in [0.15, 0.2) is 0 Å². The fraction of sp³-hybridized carbons (Fsp3) is 1.00.